The van der Waals surface area contributed by atoms with Crippen LogP contribution in [0, 0.1) is 5.92 Å². The van der Waals surface area contributed by atoms with Gasteiger partial charge in [0.15, 0.2) is 0 Å². The molecule has 0 aromatic carbocycles. The number of nitrogens with zero attached hydrogens (tertiary/aromatic N) is 2. The first kappa shape index (κ1) is 17.6. The van der Waals surface area contributed by atoms with Gasteiger partial charge in [0.05, 0.1) is 12.6 Å². The molecule has 0 unspecified atom stereocenters. The summed E-state index contributed by atoms with van der Waals surface area (Å²) in [6.07, 6.45) is 5.73. The van der Waals surface area contributed by atoms with Crippen molar-refractivity contribution in [3.8, 4) is 0 Å². The number of hydrogen-bond acceptors (Lipinski definition) is 3. The van der Waals surface area contributed by atoms with Crippen LogP contribution in [-0.2, 0) is 9.59 Å². The number of likely N-dealkylation sites (tertiary alicyclic amines) is 2. The summed E-state index contributed by atoms with van der Waals surface area (Å²) in [6.45, 7) is 0.474. The molecule has 3 rings (SSSR count). The van der Waals surface area contributed by atoms with Gasteiger partial charge in [-0.15, -0.1) is 0 Å². The Labute approximate surface area is 141 Å². The van der Waals surface area contributed by atoms with Gasteiger partial charge in [-0.25, -0.2) is 8.78 Å². The zero-order valence-corrected chi connectivity index (χ0v) is 14.1. The van der Waals surface area contributed by atoms with Gasteiger partial charge in [0.1, 0.15) is 0 Å². The van der Waals surface area contributed by atoms with Gasteiger partial charge in [0.2, 0.25) is 11.8 Å². The first-order chi connectivity index (χ1) is 11.4. The van der Waals surface area contributed by atoms with E-state index in [0.29, 0.717) is 24.8 Å². The Bertz CT molecular complexity index is 492. The van der Waals surface area contributed by atoms with Crippen molar-refractivity contribution in [3.63, 3.8) is 0 Å². The minimum Gasteiger partial charge on any atom is -0.340 e. The van der Waals surface area contributed by atoms with E-state index in [0.717, 1.165) is 38.6 Å². The number of hydrogen-bond donors (Lipinski definition) is 1. The maximum absolute atomic E-state index is 13.2. The molecule has 2 amide bonds. The molecule has 2 N–H and O–H groups in total. The van der Waals surface area contributed by atoms with E-state index in [2.05, 4.69) is 0 Å². The Balaban J connectivity index is 1.44. The van der Waals surface area contributed by atoms with E-state index in [4.69, 9.17) is 5.73 Å². The Hall–Kier alpha value is -1.24. The number of alkyl halides is 2. The molecule has 0 spiro atoms. The zero-order valence-electron chi connectivity index (χ0n) is 14.1. The molecule has 1 saturated carbocycles. The van der Waals surface area contributed by atoms with Crippen LogP contribution in [0.3, 0.4) is 0 Å². The smallest absolute Gasteiger partial charge is 0.267 e. The number of amides is 2. The molecule has 2 saturated heterocycles. The van der Waals surface area contributed by atoms with E-state index in [9.17, 15) is 18.4 Å². The summed E-state index contributed by atoms with van der Waals surface area (Å²) in [6, 6.07) is -0.352. The van der Waals surface area contributed by atoms with E-state index < -0.39 is 18.5 Å². The molecule has 7 heteroatoms. The Morgan fingerprint density at radius 1 is 1.25 bits per heavy atom. The summed E-state index contributed by atoms with van der Waals surface area (Å²) in [4.78, 5) is 27.3. The van der Waals surface area contributed by atoms with Gasteiger partial charge in [0, 0.05) is 32.0 Å². The lowest BCUT2D eigenvalue weighted by molar-refractivity contribution is -0.133. The molecule has 0 aromatic heterocycles. The number of halogens is 2. The molecule has 0 aromatic rings. The topological polar surface area (TPSA) is 66.6 Å². The average Bonchev–Trinajstić information content (AvgIpc) is 3.12. The summed E-state index contributed by atoms with van der Waals surface area (Å²) in [5.41, 5.74) is 5.99. The first-order valence-corrected chi connectivity index (χ1v) is 9.07. The van der Waals surface area contributed by atoms with E-state index in [1.807, 2.05) is 4.90 Å². The lowest BCUT2D eigenvalue weighted by Crippen LogP contribution is -2.45. The van der Waals surface area contributed by atoms with Gasteiger partial charge in [0.25, 0.3) is 5.92 Å². The molecule has 24 heavy (non-hydrogen) atoms. The molecule has 1 aliphatic carbocycles. The van der Waals surface area contributed by atoms with E-state index in [-0.39, 0.29) is 24.8 Å². The van der Waals surface area contributed by atoms with Crippen LogP contribution in [0.4, 0.5) is 8.78 Å². The van der Waals surface area contributed by atoms with Gasteiger partial charge >= 0.3 is 0 Å². The fourth-order valence-corrected chi connectivity index (χ4v) is 4.37. The van der Waals surface area contributed by atoms with Gasteiger partial charge in [-0.2, -0.15) is 0 Å². The molecular weight excluding hydrogens is 316 g/mol. The number of nitrogens with two attached hydrogens (primary N) is 1. The van der Waals surface area contributed by atoms with Crippen LogP contribution in [0.1, 0.15) is 51.4 Å². The summed E-state index contributed by atoms with van der Waals surface area (Å²) in [5, 5.41) is 0. The average molecular weight is 343 g/mol. The predicted octanol–water partition coefficient (Wildman–Crippen LogP) is 1.75. The second-order valence-electron chi connectivity index (χ2n) is 7.57. The van der Waals surface area contributed by atoms with Crippen molar-refractivity contribution in [2.45, 2.75) is 69.4 Å². The molecular formula is C17H27F2N3O2. The van der Waals surface area contributed by atoms with Crippen LogP contribution in [0.15, 0.2) is 0 Å². The third kappa shape index (κ3) is 3.87. The summed E-state index contributed by atoms with van der Waals surface area (Å²) >= 11 is 0. The fourth-order valence-electron chi connectivity index (χ4n) is 4.37. The van der Waals surface area contributed by atoms with Crippen molar-refractivity contribution in [1.29, 1.82) is 0 Å². The second kappa shape index (κ2) is 6.94. The Morgan fingerprint density at radius 2 is 1.96 bits per heavy atom. The van der Waals surface area contributed by atoms with Crippen molar-refractivity contribution in [2.75, 3.05) is 19.6 Å². The highest BCUT2D eigenvalue weighted by atomic mass is 19.3. The van der Waals surface area contributed by atoms with Gasteiger partial charge < -0.3 is 15.5 Å². The first-order valence-electron chi connectivity index (χ1n) is 9.07. The van der Waals surface area contributed by atoms with Crippen LogP contribution in [-0.4, -0.2) is 59.3 Å². The molecule has 0 bridgehead atoms. The van der Waals surface area contributed by atoms with E-state index >= 15 is 0 Å². The lowest BCUT2D eigenvalue weighted by Gasteiger charge is -2.35. The van der Waals surface area contributed by atoms with Crippen molar-refractivity contribution in [3.05, 3.63) is 0 Å². The predicted molar refractivity (Wildman–Crippen MR) is 85.4 cm³/mol. The molecule has 1 atom stereocenters. The molecule has 5 nitrogen and oxygen atoms in total. The molecule has 136 valence electrons. The Morgan fingerprint density at radius 3 is 2.50 bits per heavy atom. The van der Waals surface area contributed by atoms with Gasteiger partial charge in [-0.3, -0.25) is 9.59 Å². The number of carbonyl (C=O) groups is 2. The third-order valence-electron chi connectivity index (χ3n) is 5.75. The highest BCUT2D eigenvalue weighted by molar-refractivity contribution is 5.82. The highest BCUT2D eigenvalue weighted by Crippen LogP contribution is 2.33. The monoisotopic (exact) mass is 343 g/mol. The standard InChI is InChI=1S/C17H27F2N3O2/c18-17(19)7-9-21(11-17)16(24)14(20)10-12-3-5-13(6-4-12)22-8-1-2-15(22)23/h12-14H,1-11,20H2/t12?,13?,14-/m0/s1. The maximum atomic E-state index is 13.2. The van der Waals surface area contributed by atoms with Crippen LogP contribution >= 0.6 is 0 Å². The molecule has 3 aliphatic rings. The van der Waals surface area contributed by atoms with E-state index in [1.165, 1.54) is 4.90 Å². The van der Waals surface area contributed by atoms with Crippen LogP contribution in [0.5, 0.6) is 0 Å². The second-order valence-corrected chi connectivity index (χ2v) is 7.57. The van der Waals surface area contributed by atoms with Gasteiger partial charge in [-0.05, 0) is 44.4 Å². The normalized spacial score (nSPS) is 31.5. The van der Waals surface area contributed by atoms with E-state index in [1.54, 1.807) is 0 Å². The van der Waals surface area contributed by atoms with Gasteiger partial charge in [-0.1, -0.05) is 0 Å². The largest absolute Gasteiger partial charge is 0.340 e. The molecule has 2 heterocycles. The minimum atomic E-state index is -2.77. The third-order valence-corrected chi connectivity index (χ3v) is 5.75. The highest BCUT2D eigenvalue weighted by Gasteiger charge is 2.41. The zero-order chi connectivity index (χ0) is 17.3. The number of carbonyl (C=O) groups excluding carboxylic acids is 2. The quantitative estimate of drug-likeness (QED) is 0.846. The maximum Gasteiger partial charge on any atom is 0.267 e. The number of rotatable bonds is 4. The summed E-state index contributed by atoms with van der Waals surface area (Å²) < 4.78 is 26.5. The summed E-state index contributed by atoms with van der Waals surface area (Å²) in [5.74, 6) is -2.50. The Kier molecular flexibility index (Phi) is 5.08. The van der Waals surface area contributed by atoms with Crippen molar-refractivity contribution >= 4 is 11.8 Å². The van der Waals surface area contributed by atoms with Crippen LogP contribution in [0.25, 0.3) is 0 Å². The van der Waals surface area contributed by atoms with Crippen molar-refractivity contribution in [1.82, 2.24) is 9.80 Å². The molecule has 2 aliphatic heterocycles. The molecule has 0 radical (unpaired) electrons. The molecule has 3 fully saturated rings. The SMILES string of the molecule is N[C@@H](CC1CCC(N2CCCC2=O)CC1)C(=O)N1CCC(F)(F)C1. The van der Waals surface area contributed by atoms with Crippen molar-refractivity contribution in [2.24, 2.45) is 11.7 Å². The van der Waals surface area contributed by atoms with Crippen LogP contribution < -0.4 is 5.73 Å². The fraction of sp³-hybridized carbons (Fsp3) is 0.882. The van der Waals surface area contributed by atoms with Crippen molar-refractivity contribution < 1.29 is 18.4 Å². The minimum absolute atomic E-state index is 0.101. The lowest BCUT2D eigenvalue weighted by atomic mass is 9.82. The summed E-state index contributed by atoms with van der Waals surface area (Å²) in [7, 11) is 0. The van der Waals surface area contributed by atoms with Crippen LogP contribution in [0.2, 0.25) is 0 Å².